The van der Waals surface area contributed by atoms with Gasteiger partial charge in [-0.2, -0.15) is 4.98 Å². The minimum absolute atomic E-state index is 0.325. The molecule has 2 aliphatic heterocycles. The summed E-state index contributed by atoms with van der Waals surface area (Å²) in [6, 6.07) is 2.19. The van der Waals surface area contributed by atoms with Gasteiger partial charge in [-0.3, -0.25) is 4.90 Å². The summed E-state index contributed by atoms with van der Waals surface area (Å²) in [5.74, 6) is 1.64. The molecule has 0 aromatic carbocycles. The van der Waals surface area contributed by atoms with Crippen LogP contribution < -0.4 is 4.90 Å². The average Bonchev–Trinajstić information content (AvgIpc) is 3.19. The molecule has 0 amide bonds. The van der Waals surface area contributed by atoms with Crippen LogP contribution >= 0.6 is 22.9 Å². The molecule has 2 saturated heterocycles. The minimum atomic E-state index is 0.325. The molecule has 9 heteroatoms. The Bertz CT molecular complexity index is 837. The standard InChI is InChI=1S/C22H34ClN5O2S/c1-3-17(16-29-2)4-5-26-6-8-27(9-7-26)15-18-14-19-20(31-18)21(25-22(23)24-19)28-10-12-30-13-11-28/h14,17H,3-13,15-16H2,1-2H3. The third-order valence-electron chi connectivity index (χ3n) is 6.37. The molecular formula is C22H34ClN5O2S. The summed E-state index contributed by atoms with van der Waals surface area (Å²) in [5, 5.41) is 0.325. The van der Waals surface area contributed by atoms with E-state index in [2.05, 4.69) is 37.7 Å². The number of ether oxygens (including phenoxy) is 2. The quantitative estimate of drug-likeness (QED) is 0.524. The first-order valence-corrected chi connectivity index (χ1v) is 12.6. The molecule has 2 aromatic heterocycles. The highest BCUT2D eigenvalue weighted by Gasteiger charge is 2.22. The number of hydrogen-bond acceptors (Lipinski definition) is 8. The van der Waals surface area contributed by atoms with Gasteiger partial charge in [-0.15, -0.1) is 11.3 Å². The first-order valence-electron chi connectivity index (χ1n) is 11.4. The van der Waals surface area contributed by atoms with Gasteiger partial charge in [-0.25, -0.2) is 4.98 Å². The van der Waals surface area contributed by atoms with Crippen molar-refractivity contribution >= 4 is 39.0 Å². The SMILES string of the molecule is CCC(CCN1CCN(Cc2cc3nc(Cl)nc(N4CCOCC4)c3s2)CC1)COC. The van der Waals surface area contributed by atoms with Gasteiger partial charge >= 0.3 is 0 Å². The largest absolute Gasteiger partial charge is 0.384 e. The van der Waals surface area contributed by atoms with Crippen LogP contribution in [0.5, 0.6) is 0 Å². The highest BCUT2D eigenvalue weighted by Crippen LogP contribution is 2.34. The lowest BCUT2D eigenvalue weighted by Gasteiger charge is -2.35. The maximum atomic E-state index is 6.24. The lowest BCUT2D eigenvalue weighted by Crippen LogP contribution is -2.46. The van der Waals surface area contributed by atoms with Gasteiger partial charge in [0.2, 0.25) is 5.28 Å². The van der Waals surface area contributed by atoms with E-state index in [0.29, 0.717) is 11.2 Å². The summed E-state index contributed by atoms with van der Waals surface area (Å²) in [4.78, 5) is 17.8. The fourth-order valence-corrected chi connectivity index (χ4v) is 5.73. The van der Waals surface area contributed by atoms with Crippen molar-refractivity contribution in [1.29, 1.82) is 0 Å². The molecule has 172 valence electrons. The van der Waals surface area contributed by atoms with E-state index in [1.54, 1.807) is 7.11 Å². The third-order valence-corrected chi connectivity index (χ3v) is 7.64. The second kappa shape index (κ2) is 11.2. The van der Waals surface area contributed by atoms with Gasteiger partial charge in [-0.05, 0) is 36.6 Å². The van der Waals surface area contributed by atoms with Gasteiger partial charge < -0.3 is 19.3 Å². The number of methoxy groups -OCH3 is 1. The molecule has 1 atom stereocenters. The maximum absolute atomic E-state index is 6.24. The van der Waals surface area contributed by atoms with E-state index in [1.807, 2.05) is 11.3 Å². The first kappa shape index (κ1) is 23.1. The van der Waals surface area contributed by atoms with Crippen LogP contribution in [0.15, 0.2) is 6.07 Å². The van der Waals surface area contributed by atoms with E-state index in [9.17, 15) is 0 Å². The highest BCUT2D eigenvalue weighted by atomic mass is 35.5. The zero-order chi connectivity index (χ0) is 21.6. The predicted molar refractivity (Wildman–Crippen MR) is 127 cm³/mol. The number of nitrogens with zero attached hydrogens (tertiary/aromatic N) is 5. The molecule has 0 bridgehead atoms. The molecule has 1 unspecified atom stereocenters. The van der Waals surface area contributed by atoms with Crippen LogP contribution in [0.25, 0.3) is 10.2 Å². The number of rotatable bonds is 9. The summed E-state index contributed by atoms with van der Waals surface area (Å²) in [6.45, 7) is 12.9. The number of thiophene rings is 1. The Kier molecular flexibility index (Phi) is 8.37. The number of hydrogen-bond donors (Lipinski definition) is 0. The molecule has 4 rings (SSSR count). The van der Waals surface area contributed by atoms with E-state index < -0.39 is 0 Å². The van der Waals surface area contributed by atoms with E-state index in [4.69, 9.17) is 21.1 Å². The van der Waals surface area contributed by atoms with Crippen LogP contribution in [0.2, 0.25) is 5.28 Å². The Morgan fingerprint density at radius 2 is 1.87 bits per heavy atom. The van der Waals surface area contributed by atoms with Crippen LogP contribution in [-0.4, -0.2) is 92.5 Å². The van der Waals surface area contributed by atoms with Gasteiger partial charge in [0.15, 0.2) is 5.82 Å². The minimum Gasteiger partial charge on any atom is -0.384 e. The van der Waals surface area contributed by atoms with E-state index in [0.717, 1.165) is 81.7 Å². The molecule has 0 aliphatic carbocycles. The Labute approximate surface area is 194 Å². The number of fused-ring (bicyclic) bond motifs is 1. The van der Waals surface area contributed by atoms with Gasteiger partial charge in [0.1, 0.15) is 0 Å². The van der Waals surface area contributed by atoms with Crippen molar-refractivity contribution in [2.75, 3.05) is 77.6 Å². The van der Waals surface area contributed by atoms with Crippen LogP contribution in [0.4, 0.5) is 5.82 Å². The smallest absolute Gasteiger partial charge is 0.224 e. The molecule has 7 nitrogen and oxygen atoms in total. The molecule has 31 heavy (non-hydrogen) atoms. The van der Waals surface area contributed by atoms with Crippen molar-refractivity contribution in [2.24, 2.45) is 5.92 Å². The first-order chi connectivity index (χ1) is 15.2. The number of aromatic nitrogens is 2. The Balaban J connectivity index is 1.34. The zero-order valence-electron chi connectivity index (χ0n) is 18.7. The van der Waals surface area contributed by atoms with Gasteiger partial charge in [0.05, 0.1) is 23.4 Å². The van der Waals surface area contributed by atoms with Crippen LogP contribution in [0.3, 0.4) is 0 Å². The zero-order valence-corrected chi connectivity index (χ0v) is 20.3. The van der Waals surface area contributed by atoms with Crippen LogP contribution in [0.1, 0.15) is 24.6 Å². The third kappa shape index (κ3) is 6.06. The van der Waals surface area contributed by atoms with Gasteiger partial charge in [-0.1, -0.05) is 13.3 Å². The summed E-state index contributed by atoms with van der Waals surface area (Å²) >= 11 is 8.05. The lowest BCUT2D eigenvalue weighted by atomic mass is 10.0. The van der Waals surface area contributed by atoms with Crippen molar-refractivity contribution < 1.29 is 9.47 Å². The van der Waals surface area contributed by atoms with Crippen molar-refractivity contribution in [1.82, 2.24) is 19.8 Å². The molecular weight excluding hydrogens is 434 g/mol. The van der Waals surface area contributed by atoms with Crippen LogP contribution in [-0.2, 0) is 16.0 Å². The van der Waals surface area contributed by atoms with E-state index in [-0.39, 0.29) is 0 Å². The normalized spacial score (nSPS) is 19.9. The number of morpholine rings is 1. The van der Waals surface area contributed by atoms with Crippen molar-refractivity contribution in [2.45, 2.75) is 26.3 Å². The van der Waals surface area contributed by atoms with Crippen molar-refractivity contribution in [3.63, 3.8) is 0 Å². The topological polar surface area (TPSA) is 54.0 Å². The highest BCUT2D eigenvalue weighted by molar-refractivity contribution is 7.19. The fraction of sp³-hybridized carbons (Fsp3) is 0.727. The lowest BCUT2D eigenvalue weighted by molar-refractivity contribution is 0.105. The van der Waals surface area contributed by atoms with Gasteiger partial charge in [0, 0.05) is 64.4 Å². The monoisotopic (exact) mass is 467 g/mol. The van der Waals surface area contributed by atoms with Crippen molar-refractivity contribution in [3.8, 4) is 0 Å². The average molecular weight is 468 g/mol. The number of halogens is 1. The van der Waals surface area contributed by atoms with E-state index >= 15 is 0 Å². The Morgan fingerprint density at radius 1 is 1.13 bits per heavy atom. The molecule has 0 spiro atoms. The van der Waals surface area contributed by atoms with Crippen molar-refractivity contribution in [3.05, 3.63) is 16.2 Å². The number of anilines is 1. The Morgan fingerprint density at radius 3 is 2.58 bits per heavy atom. The second-order valence-corrected chi connectivity index (χ2v) is 9.95. The fourth-order valence-electron chi connectivity index (χ4n) is 4.40. The molecule has 2 aliphatic rings. The second-order valence-electron chi connectivity index (χ2n) is 8.48. The molecule has 0 radical (unpaired) electrons. The Hall–Kier alpha value is -1.03. The molecule has 4 heterocycles. The van der Waals surface area contributed by atoms with Gasteiger partial charge in [0.25, 0.3) is 0 Å². The maximum Gasteiger partial charge on any atom is 0.224 e. The molecule has 2 fully saturated rings. The molecule has 0 N–H and O–H groups in total. The van der Waals surface area contributed by atoms with E-state index in [1.165, 1.54) is 24.3 Å². The predicted octanol–water partition coefficient (Wildman–Crippen LogP) is 3.36. The van der Waals surface area contributed by atoms with Crippen LogP contribution in [0, 0.1) is 5.92 Å². The molecule has 0 saturated carbocycles. The summed E-state index contributed by atoms with van der Waals surface area (Å²) in [7, 11) is 1.80. The summed E-state index contributed by atoms with van der Waals surface area (Å²) in [5.41, 5.74) is 0.962. The summed E-state index contributed by atoms with van der Waals surface area (Å²) < 4.78 is 12.0. The molecule has 2 aromatic rings. The summed E-state index contributed by atoms with van der Waals surface area (Å²) in [6.07, 6.45) is 2.42. The number of piperazine rings is 1.